The van der Waals surface area contributed by atoms with Crippen molar-refractivity contribution < 1.29 is 8.42 Å². The molecule has 0 fully saturated rings. The Morgan fingerprint density at radius 2 is 2.00 bits per heavy atom. The third-order valence-electron chi connectivity index (χ3n) is 3.00. The van der Waals surface area contributed by atoms with E-state index in [1.807, 2.05) is 0 Å². The number of hydrogen-bond acceptors (Lipinski definition) is 6. The summed E-state index contributed by atoms with van der Waals surface area (Å²) >= 11 is 7.53. The molecule has 0 radical (unpaired) electrons. The van der Waals surface area contributed by atoms with E-state index in [1.54, 1.807) is 36.0 Å². The predicted octanol–water partition coefficient (Wildman–Crippen LogP) is 3.53. The predicted molar refractivity (Wildman–Crippen MR) is 98.6 cm³/mol. The van der Waals surface area contributed by atoms with E-state index in [0.717, 1.165) is 10.6 Å². The van der Waals surface area contributed by atoms with Gasteiger partial charge in [-0.1, -0.05) is 25.4 Å². The highest BCUT2D eigenvalue weighted by Gasteiger charge is 2.15. The Bertz CT molecular complexity index is 813. The Morgan fingerprint density at radius 1 is 1.25 bits per heavy atom. The van der Waals surface area contributed by atoms with Gasteiger partial charge in [0, 0.05) is 16.7 Å². The summed E-state index contributed by atoms with van der Waals surface area (Å²) in [7, 11) is -2.14. The highest BCUT2D eigenvalue weighted by molar-refractivity contribution is 7.99. The molecule has 0 amide bonds. The van der Waals surface area contributed by atoms with E-state index in [9.17, 15) is 8.42 Å². The molecule has 0 aliphatic carbocycles. The topological polar surface area (TPSA) is 84.0 Å². The molecule has 2 N–H and O–H groups in total. The summed E-state index contributed by atoms with van der Waals surface area (Å²) < 4.78 is 26.4. The van der Waals surface area contributed by atoms with Crippen LogP contribution in [0.15, 0.2) is 40.4 Å². The molecule has 9 heteroatoms. The van der Waals surface area contributed by atoms with Gasteiger partial charge in [-0.2, -0.15) is 0 Å². The van der Waals surface area contributed by atoms with Gasteiger partial charge in [0.1, 0.15) is 17.3 Å². The van der Waals surface area contributed by atoms with Crippen LogP contribution in [0.2, 0.25) is 5.15 Å². The van der Waals surface area contributed by atoms with Gasteiger partial charge in [0.15, 0.2) is 0 Å². The fourth-order valence-electron chi connectivity index (χ4n) is 1.81. The molecule has 0 unspecified atom stereocenters. The zero-order valence-electron chi connectivity index (χ0n) is 13.6. The van der Waals surface area contributed by atoms with Gasteiger partial charge in [-0.05, 0) is 31.2 Å². The van der Waals surface area contributed by atoms with Crippen molar-refractivity contribution in [1.82, 2.24) is 14.7 Å². The van der Waals surface area contributed by atoms with Gasteiger partial charge in [0.2, 0.25) is 10.0 Å². The third-order valence-corrected chi connectivity index (χ3v) is 6.12. The molecule has 2 rings (SSSR count). The first kappa shape index (κ1) is 19.0. The van der Waals surface area contributed by atoms with Gasteiger partial charge in [0.25, 0.3) is 0 Å². The summed E-state index contributed by atoms with van der Waals surface area (Å²) in [5.41, 5.74) is 0.659. The van der Waals surface area contributed by atoms with Gasteiger partial charge < -0.3 is 5.32 Å². The minimum Gasteiger partial charge on any atom is -0.339 e. The number of thioether (sulfide) groups is 1. The van der Waals surface area contributed by atoms with Crippen LogP contribution in [0.4, 0.5) is 11.5 Å². The molecule has 0 spiro atoms. The van der Waals surface area contributed by atoms with Crippen LogP contribution in [-0.4, -0.2) is 31.2 Å². The first-order chi connectivity index (χ1) is 11.3. The van der Waals surface area contributed by atoms with Crippen molar-refractivity contribution in [2.45, 2.75) is 23.6 Å². The number of halogens is 1. The lowest BCUT2D eigenvalue weighted by Gasteiger charge is -2.14. The van der Waals surface area contributed by atoms with E-state index in [2.05, 4.69) is 33.9 Å². The Labute approximate surface area is 151 Å². The first-order valence-electron chi connectivity index (χ1n) is 7.27. The van der Waals surface area contributed by atoms with Crippen LogP contribution in [-0.2, 0) is 10.0 Å². The van der Waals surface area contributed by atoms with Crippen molar-refractivity contribution in [3.63, 3.8) is 0 Å². The summed E-state index contributed by atoms with van der Waals surface area (Å²) in [6, 6.07) is 6.55. The van der Waals surface area contributed by atoms with Crippen LogP contribution >= 0.6 is 23.4 Å². The number of benzene rings is 1. The van der Waals surface area contributed by atoms with Crippen molar-refractivity contribution in [2.75, 3.05) is 18.1 Å². The van der Waals surface area contributed by atoms with E-state index in [-0.39, 0.29) is 4.90 Å². The van der Waals surface area contributed by atoms with Gasteiger partial charge in [-0.3, -0.25) is 0 Å². The zero-order chi connectivity index (χ0) is 17.7. The Morgan fingerprint density at radius 3 is 2.62 bits per heavy atom. The van der Waals surface area contributed by atoms with Gasteiger partial charge in [0.05, 0.1) is 10.6 Å². The standard InChI is InChI=1S/C15H19ClN4O2S2/c1-10(2)8-23-13-5-4-11(24(21,22)17-3)6-12(13)20-15-7-14(16)18-9-19-15/h4-7,9-10,17H,8H2,1-3H3,(H,18,19,20). The molecule has 1 aromatic carbocycles. The van der Waals surface area contributed by atoms with Gasteiger partial charge >= 0.3 is 0 Å². The lowest BCUT2D eigenvalue weighted by atomic mass is 10.3. The second-order valence-corrected chi connectivity index (χ2v) is 8.76. The molecule has 0 saturated carbocycles. The van der Waals surface area contributed by atoms with Crippen molar-refractivity contribution in [3.05, 3.63) is 35.7 Å². The zero-order valence-corrected chi connectivity index (χ0v) is 16.0. The summed E-state index contributed by atoms with van der Waals surface area (Å²) in [4.78, 5) is 9.06. The van der Waals surface area contributed by atoms with Crippen LogP contribution in [0, 0.1) is 5.92 Å². The quantitative estimate of drug-likeness (QED) is 0.559. The lowest BCUT2D eigenvalue weighted by molar-refractivity contribution is 0.588. The second-order valence-electron chi connectivity index (χ2n) is 5.42. The maximum absolute atomic E-state index is 12.0. The smallest absolute Gasteiger partial charge is 0.240 e. The average Bonchev–Trinajstić information content (AvgIpc) is 2.53. The van der Waals surface area contributed by atoms with E-state index < -0.39 is 10.0 Å². The first-order valence-corrected chi connectivity index (χ1v) is 10.1. The van der Waals surface area contributed by atoms with E-state index >= 15 is 0 Å². The van der Waals surface area contributed by atoms with E-state index in [1.165, 1.54) is 13.4 Å². The maximum Gasteiger partial charge on any atom is 0.240 e. The number of hydrogen-bond donors (Lipinski definition) is 2. The highest BCUT2D eigenvalue weighted by Crippen LogP contribution is 2.32. The van der Waals surface area contributed by atoms with Crippen molar-refractivity contribution in [2.24, 2.45) is 5.92 Å². The van der Waals surface area contributed by atoms with Crippen LogP contribution in [0.25, 0.3) is 0 Å². The summed E-state index contributed by atoms with van der Waals surface area (Å²) in [6.45, 7) is 4.26. The van der Waals surface area contributed by atoms with Crippen molar-refractivity contribution in [1.29, 1.82) is 0 Å². The van der Waals surface area contributed by atoms with Crippen molar-refractivity contribution in [3.8, 4) is 0 Å². The highest BCUT2D eigenvalue weighted by atomic mass is 35.5. The number of nitrogens with one attached hydrogen (secondary N) is 2. The number of nitrogens with zero attached hydrogens (tertiary/aromatic N) is 2. The summed E-state index contributed by atoms with van der Waals surface area (Å²) in [5.74, 6) is 1.93. The molecule has 2 aromatic rings. The summed E-state index contributed by atoms with van der Waals surface area (Å²) in [5, 5.41) is 3.43. The molecule has 0 atom stereocenters. The van der Waals surface area contributed by atoms with E-state index in [4.69, 9.17) is 11.6 Å². The monoisotopic (exact) mass is 386 g/mol. The molecule has 1 aromatic heterocycles. The Balaban J connectivity index is 2.40. The molecule has 0 aliphatic heterocycles. The number of anilines is 2. The molecular formula is C15H19ClN4O2S2. The van der Waals surface area contributed by atoms with Gasteiger partial charge in [-0.25, -0.2) is 23.1 Å². The van der Waals surface area contributed by atoms with Crippen LogP contribution in [0.1, 0.15) is 13.8 Å². The maximum atomic E-state index is 12.0. The van der Waals surface area contributed by atoms with Crippen LogP contribution in [0.3, 0.4) is 0 Å². The molecule has 0 bridgehead atoms. The minimum atomic E-state index is -3.53. The van der Waals surface area contributed by atoms with Gasteiger partial charge in [-0.15, -0.1) is 11.8 Å². The largest absolute Gasteiger partial charge is 0.339 e. The molecule has 1 heterocycles. The van der Waals surface area contributed by atoms with Crippen LogP contribution < -0.4 is 10.0 Å². The average molecular weight is 387 g/mol. The third kappa shape index (κ3) is 5.07. The second kappa shape index (κ2) is 8.15. The number of rotatable bonds is 7. The normalized spacial score (nSPS) is 11.7. The fraction of sp³-hybridized carbons (Fsp3) is 0.333. The molecule has 0 saturated heterocycles. The van der Waals surface area contributed by atoms with E-state index in [0.29, 0.717) is 22.6 Å². The fourth-order valence-corrected chi connectivity index (χ4v) is 3.66. The van der Waals surface area contributed by atoms with Crippen LogP contribution in [0.5, 0.6) is 0 Å². The van der Waals surface area contributed by atoms with Crippen molar-refractivity contribution >= 4 is 44.9 Å². The SMILES string of the molecule is CNS(=O)(=O)c1ccc(SCC(C)C)c(Nc2cc(Cl)ncn2)c1. The Kier molecular flexibility index (Phi) is 6.45. The number of aromatic nitrogens is 2. The molecular weight excluding hydrogens is 368 g/mol. The lowest BCUT2D eigenvalue weighted by Crippen LogP contribution is -2.18. The number of sulfonamides is 1. The molecule has 130 valence electrons. The molecule has 6 nitrogen and oxygen atoms in total. The minimum absolute atomic E-state index is 0.182. The molecule has 24 heavy (non-hydrogen) atoms. The molecule has 0 aliphatic rings. The summed E-state index contributed by atoms with van der Waals surface area (Å²) in [6.07, 6.45) is 1.35. The Hall–Kier alpha value is -1.35.